The van der Waals surface area contributed by atoms with Crippen molar-refractivity contribution in [2.75, 3.05) is 18.9 Å². The van der Waals surface area contributed by atoms with E-state index in [2.05, 4.69) is 20.6 Å². The lowest BCUT2D eigenvalue weighted by molar-refractivity contribution is 0.0954. The fourth-order valence-corrected chi connectivity index (χ4v) is 2.58. The third kappa shape index (κ3) is 3.68. The number of carbonyl (C=O) groups is 1. The van der Waals surface area contributed by atoms with E-state index in [1.54, 1.807) is 24.5 Å². The van der Waals surface area contributed by atoms with E-state index in [0.29, 0.717) is 29.4 Å². The summed E-state index contributed by atoms with van der Waals surface area (Å²) in [5.41, 5.74) is 1.44. The number of carbonyl (C=O) groups excluding carboxylic acids is 1. The van der Waals surface area contributed by atoms with Crippen LogP contribution in [0.3, 0.4) is 0 Å². The van der Waals surface area contributed by atoms with E-state index in [4.69, 9.17) is 11.6 Å². The number of aromatic nitrogens is 2. The van der Waals surface area contributed by atoms with E-state index in [9.17, 15) is 4.79 Å². The molecule has 0 aliphatic carbocycles. The number of rotatable bonds is 5. The molecule has 2 rings (SSSR count). The summed E-state index contributed by atoms with van der Waals surface area (Å²) in [6.07, 6.45) is 2.21. The maximum atomic E-state index is 11.9. The van der Waals surface area contributed by atoms with Gasteiger partial charge < -0.3 is 10.6 Å². The molecule has 2 N–H and O–H groups in total. The van der Waals surface area contributed by atoms with Gasteiger partial charge in [-0.25, -0.2) is 9.97 Å². The van der Waals surface area contributed by atoms with Crippen LogP contribution in [0.2, 0.25) is 5.02 Å². The monoisotopic (exact) mass is 310 g/mol. The number of anilines is 1. The van der Waals surface area contributed by atoms with Crippen LogP contribution < -0.4 is 10.6 Å². The number of nitrogens with zero attached hydrogens (tertiary/aromatic N) is 2. The molecule has 0 unspecified atom stereocenters. The van der Waals surface area contributed by atoms with E-state index in [0.717, 1.165) is 10.7 Å². The first-order valence-electron chi connectivity index (χ1n) is 6.12. The van der Waals surface area contributed by atoms with Gasteiger partial charge >= 0.3 is 0 Å². The third-order valence-electron chi connectivity index (χ3n) is 2.67. The second-order valence-corrected chi connectivity index (χ2v) is 5.64. The predicted molar refractivity (Wildman–Crippen MR) is 81.7 cm³/mol. The van der Waals surface area contributed by atoms with Gasteiger partial charge in [0.2, 0.25) is 0 Å². The van der Waals surface area contributed by atoms with E-state index < -0.39 is 0 Å². The Balaban J connectivity index is 1.90. The molecule has 0 radical (unpaired) electrons. The fourth-order valence-electron chi connectivity index (χ4n) is 1.68. The number of aryl methyl sites for hydroxylation is 1. The quantitative estimate of drug-likeness (QED) is 0.890. The summed E-state index contributed by atoms with van der Waals surface area (Å²) in [5, 5.41) is 9.13. The van der Waals surface area contributed by atoms with Crippen LogP contribution in [0.25, 0.3) is 0 Å². The van der Waals surface area contributed by atoms with Crippen molar-refractivity contribution < 1.29 is 4.79 Å². The highest BCUT2D eigenvalue weighted by Gasteiger charge is 2.09. The summed E-state index contributed by atoms with van der Waals surface area (Å²) in [6.45, 7) is 2.50. The highest BCUT2D eigenvalue weighted by Crippen LogP contribution is 2.19. The highest BCUT2D eigenvalue weighted by molar-refractivity contribution is 7.09. The summed E-state index contributed by atoms with van der Waals surface area (Å²) in [6, 6.07) is 1.60. The molecule has 0 atom stereocenters. The minimum Gasteiger partial charge on any atom is -0.372 e. The molecule has 20 heavy (non-hydrogen) atoms. The van der Waals surface area contributed by atoms with Gasteiger partial charge in [-0.05, 0) is 13.0 Å². The van der Waals surface area contributed by atoms with Crippen LogP contribution in [0.4, 0.5) is 5.82 Å². The Morgan fingerprint density at radius 2 is 2.30 bits per heavy atom. The van der Waals surface area contributed by atoms with Crippen LogP contribution in [0.5, 0.6) is 0 Å². The first kappa shape index (κ1) is 14.7. The van der Waals surface area contributed by atoms with Crippen molar-refractivity contribution in [3.05, 3.63) is 38.9 Å². The first-order chi connectivity index (χ1) is 9.60. The van der Waals surface area contributed by atoms with Crippen LogP contribution in [0, 0.1) is 6.92 Å². The van der Waals surface area contributed by atoms with Crippen LogP contribution in [0.1, 0.15) is 21.1 Å². The van der Waals surface area contributed by atoms with Gasteiger partial charge in [-0.1, -0.05) is 11.6 Å². The molecule has 2 aromatic rings. The number of thiazole rings is 1. The smallest absolute Gasteiger partial charge is 0.252 e. The molecule has 2 aromatic heterocycles. The summed E-state index contributed by atoms with van der Waals surface area (Å²) in [7, 11) is 1.73. The second kappa shape index (κ2) is 6.67. The molecule has 0 fully saturated rings. The SMILES string of the molecule is CNc1ncc(C(=O)NCCc2csc(C)n2)cc1Cl. The van der Waals surface area contributed by atoms with Gasteiger partial charge in [0.1, 0.15) is 5.82 Å². The van der Waals surface area contributed by atoms with Gasteiger partial charge in [0.05, 0.1) is 21.3 Å². The summed E-state index contributed by atoms with van der Waals surface area (Å²) >= 11 is 7.60. The van der Waals surface area contributed by atoms with Gasteiger partial charge in [0.15, 0.2) is 0 Å². The molecule has 106 valence electrons. The minimum atomic E-state index is -0.186. The van der Waals surface area contributed by atoms with Crippen molar-refractivity contribution in [3.63, 3.8) is 0 Å². The Hall–Kier alpha value is -1.66. The van der Waals surface area contributed by atoms with Gasteiger partial charge in [-0.15, -0.1) is 11.3 Å². The number of halogens is 1. The zero-order valence-electron chi connectivity index (χ0n) is 11.2. The Labute approximate surface area is 126 Å². The summed E-state index contributed by atoms with van der Waals surface area (Å²) < 4.78 is 0. The van der Waals surface area contributed by atoms with Gasteiger partial charge in [-0.3, -0.25) is 4.79 Å². The number of hydrogen-bond acceptors (Lipinski definition) is 5. The molecule has 0 spiro atoms. The molecular weight excluding hydrogens is 296 g/mol. The van der Waals surface area contributed by atoms with E-state index in [1.807, 2.05) is 12.3 Å². The summed E-state index contributed by atoms with van der Waals surface area (Å²) in [5.74, 6) is 0.371. The Morgan fingerprint density at radius 3 is 2.90 bits per heavy atom. The van der Waals surface area contributed by atoms with Crippen LogP contribution in [-0.2, 0) is 6.42 Å². The van der Waals surface area contributed by atoms with E-state index in [1.165, 1.54) is 6.20 Å². The average molecular weight is 311 g/mol. The fraction of sp³-hybridized carbons (Fsp3) is 0.308. The maximum Gasteiger partial charge on any atom is 0.252 e. The molecule has 5 nitrogen and oxygen atoms in total. The van der Waals surface area contributed by atoms with Gasteiger partial charge in [0.25, 0.3) is 5.91 Å². The third-order valence-corrected chi connectivity index (χ3v) is 3.78. The van der Waals surface area contributed by atoms with E-state index in [-0.39, 0.29) is 5.91 Å². The second-order valence-electron chi connectivity index (χ2n) is 4.17. The normalized spacial score (nSPS) is 10.3. The summed E-state index contributed by atoms with van der Waals surface area (Å²) in [4.78, 5) is 20.4. The zero-order chi connectivity index (χ0) is 14.5. The van der Waals surface area contributed by atoms with Crippen molar-refractivity contribution in [3.8, 4) is 0 Å². The van der Waals surface area contributed by atoms with Crippen molar-refractivity contribution >= 4 is 34.7 Å². The molecule has 0 aliphatic heterocycles. The highest BCUT2D eigenvalue weighted by atomic mass is 35.5. The number of hydrogen-bond donors (Lipinski definition) is 2. The molecule has 0 saturated carbocycles. The van der Waals surface area contributed by atoms with Crippen molar-refractivity contribution in [1.29, 1.82) is 0 Å². The lowest BCUT2D eigenvalue weighted by Crippen LogP contribution is -2.26. The Kier molecular flexibility index (Phi) is 4.92. The van der Waals surface area contributed by atoms with Gasteiger partial charge in [-0.2, -0.15) is 0 Å². The molecule has 1 amide bonds. The van der Waals surface area contributed by atoms with E-state index >= 15 is 0 Å². The molecule has 0 aromatic carbocycles. The van der Waals surface area contributed by atoms with Crippen molar-refractivity contribution in [2.24, 2.45) is 0 Å². The number of nitrogens with one attached hydrogen (secondary N) is 2. The van der Waals surface area contributed by atoms with Crippen molar-refractivity contribution in [1.82, 2.24) is 15.3 Å². The average Bonchev–Trinajstić information content (AvgIpc) is 2.84. The van der Waals surface area contributed by atoms with Crippen LogP contribution in [-0.4, -0.2) is 29.5 Å². The zero-order valence-corrected chi connectivity index (χ0v) is 12.8. The van der Waals surface area contributed by atoms with Crippen LogP contribution in [0.15, 0.2) is 17.6 Å². The lowest BCUT2D eigenvalue weighted by atomic mass is 10.2. The standard InChI is InChI=1S/C13H15ClN4OS/c1-8-18-10(7-20-8)3-4-16-13(19)9-5-11(14)12(15-2)17-6-9/h5-7H,3-4H2,1-2H3,(H,15,17)(H,16,19). The Bertz CT molecular complexity index is 614. The maximum absolute atomic E-state index is 11.9. The van der Waals surface area contributed by atoms with Crippen molar-refractivity contribution in [2.45, 2.75) is 13.3 Å². The Morgan fingerprint density at radius 1 is 1.50 bits per heavy atom. The first-order valence-corrected chi connectivity index (χ1v) is 7.38. The molecular formula is C13H15ClN4OS. The topological polar surface area (TPSA) is 66.9 Å². The van der Waals surface area contributed by atoms with Crippen LogP contribution >= 0.6 is 22.9 Å². The lowest BCUT2D eigenvalue weighted by Gasteiger charge is -2.06. The predicted octanol–water partition coefficient (Wildman–Crippen LogP) is 2.51. The van der Waals surface area contributed by atoms with Gasteiger partial charge in [0, 0.05) is 31.6 Å². The molecule has 0 aliphatic rings. The molecule has 0 saturated heterocycles. The minimum absolute atomic E-state index is 0.186. The molecule has 7 heteroatoms. The largest absolute Gasteiger partial charge is 0.372 e. The molecule has 2 heterocycles. The molecule has 0 bridgehead atoms. The number of amides is 1. The number of pyridine rings is 1.